The van der Waals surface area contributed by atoms with E-state index in [9.17, 15) is 23.3 Å². The average molecular weight is 333 g/mol. The third-order valence-electron chi connectivity index (χ3n) is 3.26. The van der Waals surface area contributed by atoms with Gasteiger partial charge in [-0.05, 0) is 19.1 Å². The van der Waals surface area contributed by atoms with E-state index in [1.165, 1.54) is 25.1 Å². The third kappa shape index (κ3) is 3.51. The highest BCUT2D eigenvalue weighted by atomic mass is 35.5. The fraction of sp³-hybridized carbons (Fsp3) is 0.417. The smallest absolute Gasteiger partial charge is 0.272 e. The van der Waals surface area contributed by atoms with Gasteiger partial charge in [-0.1, -0.05) is 0 Å². The Hall–Kier alpha value is -1.67. The first-order chi connectivity index (χ1) is 9.69. The quantitative estimate of drug-likeness (QED) is 0.505. The summed E-state index contributed by atoms with van der Waals surface area (Å²) in [7, 11) is -3.23. The van der Waals surface area contributed by atoms with Crippen LogP contribution in [0.25, 0.3) is 0 Å². The lowest BCUT2D eigenvalue weighted by atomic mass is 10.1. The number of hydrogen-bond acceptors (Lipinski definition) is 5. The summed E-state index contributed by atoms with van der Waals surface area (Å²) in [5.74, 6) is -0.863. The summed E-state index contributed by atoms with van der Waals surface area (Å²) < 4.78 is 22.9. The minimum absolute atomic E-state index is 0.0785. The van der Waals surface area contributed by atoms with Gasteiger partial charge in [-0.2, -0.15) is 0 Å². The Bertz CT molecular complexity index is 704. The summed E-state index contributed by atoms with van der Waals surface area (Å²) in [5, 5.41) is 12.6. The van der Waals surface area contributed by atoms with E-state index in [0.717, 1.165) is 0 Å². The number of nitrogens with zero attached hydrogens (tertiary/aromatic N) is 1. The van der Waals surface area contributed by atoms with Crippen molar-refractivity contribution in [3.8, 4) is 0 Å². The van der Waals surface area contributed by atoms with Crippen LogP contribution in [-0.2, 0) is 9.84 Å². The van der Waals surface area contributed by atoms with Gasteiger partial charge in [0, 0.05) is 17.2 Å². The molecule has 0 spiro atoms. The molecule has 0 saturated carbocycles. The molecule has 0 bridgehead atoms. The van der Waals surface area contributed by atoms with Crippen LogP contribution in [0.4, 0.5) is 5.69 Å². The van der Waals surface area contributed by atoms with E-state index in [1.807, 2.05) is 0 Å². The summed E-state index contributed by atoms with van der Waals surface area (Å²) in [4.78, 5) is 22.2. The normalized spacial score (nSPS) is 23.7. The van der Waals surface area contributed by atoms with Crippen molar-refractivity contribution < 1.29 is 18.1 Å². The van der Waals surface area contributed by atoms with Gasteiger partial charge in [-0.3, -0.25) is 14.9 Å². The molecule has 1 aromatic rings. The molecule has 0 radical (unpaired) electrons. The molecule has 2 rings (SSSR count). The molecule has 7 nitrogen and oxygen atoms in total. The maximum atomic E-state index is 12.1. The largest absolute Gasteiger partial charge is 0.347 e. The maximum absolute atomic E-state index is 12.1. The SMILES string of the molecule is Cc1cc(C(=O)NC2CS(=O)(=O)CC2Cl)ccc1[N+](=O)[O-]. The lowest BCUT2D eigenvalue weighted by Gasteiger charge is -2.14. The van der Waals surface area contributed by atoms with Gasteiger partial charge in [0.05, 0.1) is 27.8 Å². The van der Waals surface area contributed by atoms with Gasteiger partial charge >= 0.3 is 0 Å². The molecule has 2 atom stereocenters. The average Bonchev–Trinajstić information content (AvgIpc) is 2.61. The molecule has 1 amide bonds. The molecule has 1 heterocycles. The van der Waals surface area contributed by atoms with Crippen molar-refractivity contribution in [2.75, 3.05) is 11.5 Å². The zero-order valence-corrected chi connectivity index (χ0v) is 12.6. The van der Waals surface area contributed by atoms with Crippen LogP contribution in [0, 0.1) is 17.0 Å². The Balaban J connectivity index is 2.14. The number of aryl methyl sites for hydroxylation is 1. The van der Waals surface area contributed by atoms with Crippen molar-refractivity contribution in [2.24, 2.45) is 0 Å². The number of halogens is 1. The molecule has 1 aliphatic heterocycles. The topological polar surface area (TPSA) is 106 Å². The van der Waals surface area contributed by atoms with Crippen LogP contribution in [0.5, 0.6) is 0 Å². The molecule has 1 saturated heterocycles. The molecular formula is C12H13ClN2O5S. The Morgan fingerprint density at radius 2 is 2.10 bits per heavy atom. The molecule has 1 N–H and O–H groups in total. The minimum Gasteiger partial charge on any atom is -0.347 e. The van der Waals surface area contributed by atoms with Crippen molar-refractivity contribution >= 4 is 33.0 Å². The zero-order valence-electron chi connectivity index (χ0n) is 11.1. The number of nitrogens with one attached hydrogen (secondary N) is 1. The van der Waals surface area contributed by atoms with Crippen LogP contribution in [0.2, 0.25) is 0 Å². The Labute approximate surface area is 126 Å². The van der Waals surface area contributed by atoms with Crippen LogP contribution in [0.3, 0.4) is 0 Å². The second-order valence-electron chi connectivity index (χ2n) is 4.93. The number of amides is 1. The summed E-state index contributed by atoms with van der Waals surface area (Å²) >= 11 is 5.91. The van der Waals surface area contributed by atoms with Crippen LogP contribution < -0.4 is 5.32 Å². The lowest BCUT2D eigenvalue weighted by molar-refractivity contribution is -0.385. The number of nitro groups is 1. The number of carbonyl (C=O) groups is 1. The summed E-state index contributed by atoms with van der Waals surface area (Å²) in [6.45, 7) is 1.53. The summed E-state index contributed by atoms with van der Waals surface area (Å²) in [6, 6.07) is 3.31. The van der Waals surface area contributed by atoms with Crippen molar-refractivity contribution in [2.45, 2.75) is 18.3 Å². The fourth-order valence-corrected chi connectivity index (χ4v) is 4.74. The standard InChI is InChI=1S/C12H13ClN2O5S/c1-7-4-8(2-3-11(7)15(17)18)12(16)14-10-6-21(19,20)5-9(10)13/h2-4,9-10H,5-6H2,1H3,(H,14,16). The van der Waals surface area contributed by atoms with E-state index in [4.69, 9.17) is 11.6 Å². The van der Waals surface area contributed by atoms with Gasteiger partial charge in [0.2, 0.25) is 0 Å². The number of nitro benzene ring substituents is 1. The summed E-state index contributed by atoms with van der Waals surface area (Å²) in [5.41, 5.74) is 0.505. The van der Waals surface area contributed by atoms with Crippen LogP contribution in [0.1, 0.15) is 15.9 Å². The first-order valence-electron chi connectivity index (χ1n) is 6.10. The van der Waals surface area contributed by atoms with Gasteiger partial charge < -0.3 is 5.32 Å². The van der Waals surface area contributed by atoms with E-state index in [1.54, 1.807) is 0 Å². The first-order valence-corrected chi connectivity index (χ1v) is 8.36. The molecule has 2 unspecified atom stereocenters. The highest BCUT2D eigenvalue weighted by Gasteiger charge is 2.37. The van der Waals surface area contributed by atoms with Gasteiger partial charge in [-0.25, -0.2) is 8.42 Å². The van der Waals surface area contributed by atoms with Crippen molar-refractivity contribution in [3.63, 3.8) is 0 Å². The first kappa shape index (κ1) is 15.7. The predicted molar refractivity (Wildman–Crippen MR) is 77.4 cm³/mol. The summed E-state index contributed by atoms with van der Waals surface area (Å²) in [6.07, 6.45) is 0. The highest BCUT2D eigenvalue weighted by molar-refractivity contribution is 7.91. The van der Waals surface area contributed by atoms with Gasteiger partial charge in [-0.15, -0.1) is 11.6 Å². The van der Waals surface area contributed by atoms with E-state index in [0.29, 0.717) is 5.56 Å². The van der Waals surface area contributed by atoms with E-state index >= 15 is 0 Å². The van der Waals surface area contributed by atoms with Crippen LogP contribution in [-0.4, -0.2) is 42.2 Å². The Morgan fingerprint density at radius 1 is 1.43 bits per heavy atom. The number of benzene rings is 1. The Kier molecular flexibility index (Phi) is 4.20. The monoisotopic (exact) mass is 332 g/mol. The second-order valence-corrected chi connectivity index (χ2v) is 7.65. The fourth-order valence-electron chi connectivity index (χ4n) is 2.19. The molecule has 114 valence electrons. The number of carbonyl (C=O) groups excluding carboxylic acids is 1. The van der Waals surface area contributed by atoms with E-state index in [-0.39, 0.29) is 22.8 Å². The van der Waals surface area contributed by atoms with Crippen molar-refractivity contribution in [1.29, 1.82) is 0 Å². The Morgan fingerprint density at radius 3 is 2.57 bits per heavy atom. The van der Waals surface area contributed by atoms with Gasteiger partial charge in [0.15, 0.2) is 9.84 Å². The number of alkyl halides is 1. The van der Waals surface area contributed by atoms with Gasteiger partial charge in [0.1, 0.15) is 0 Å². The predicted octanol–water partition coefficient (Wildman–Crippen LogP) is 1.04. The highest BCUT2D eigenvalue weighted by Crippen LogP contribution is 2.21. The number of rotatable bonds is 3. The molecule has 21 heavy (non-hydrogen) atoms. The molecule has 0 aromatic heterocycles. The third-order valence-corrected chi connectivity index (χ3v) is 5.63. The second kappa shape index (κ2) is 5.61. The van der Waals surface area contributed by atoms with E-state index < -0.39 is 32.1 Å². The minimum atomic E-state index is -3.23. The van der Waals surface area contributed by atoms with Crippen molar-refractivity contribution in [3.05, 3.63) is 39.4 Å². The van der Waals surface area contributed by atoms with Gasteiger partial charge in [0.25, 0.3) is 11.6 Å². The number of hydrogen-bond donors (Lipinski definition) is 1. The van der Waals surface area contributed by atoms with Crippen LogP contribution in [0.15, 0.2) is 18.2 Å². The lowest BCUT2D eigenvalue weighted by Crippen LogP contribution is -2.40. The molecular weight excluding hydrogens is 320 g/mol. The zero-order chi connectivity index (χ0) is 15.8. The molecule has 1 fully saturated rings. The molecule has 0 aliphatic carbocycles. The maximum Gasteiger partial charge on any atom is 0.272 e. The molecule has 1 aliphatic rings. The van der Waals surface area contributed by atoms with Crippen LogP contribution >= 0.6 is 11.6 Å². The molecule has 9 heteroatoms. The van der Waals surface area contributed by atoms with Crippen molar-refractivity contribution in [1.82, 2.24) is 5.32 Å². The molecule has 1 aromatic carbocycles. The van der Waals surface area contributed by atoms with E-state index in [2.05, 4.69) is 5.32 Å². The number of sulfone groups is 1.